The van der Waals surface area contributed by atoms with Gasteiger partial charge in [0.25, 0.3) is 0 Å². The molecule has 150 valence electrons. The lowest BCUT2D eigenvalue weighted by atomic mass is 10.2. The highest BCUT2D eigenvalue weighted by Gasteiger charge is 2.22. The molecule has 3 aromatic rings. The van der Waals surface area contributed by atoms with Gasteiger partial charge in [0.15, 0.2) is 0 Å². The Balaban J connectivity index is 1.33. The zero-order valence-electron chi connectivity index (χ0n) is 16.0. The molecule has 1 amide bonds. The second-order valence-electron chi connectivity index (χ2n) is 6.72. The minimum absolute atomic E-state index is 0.00481. The average molecular weight is 396 g/mol. The third-order valence-electron chi connectivity index (χ3n) is 4.88. The van der Waals surface area contributed by atoms with Gasteiger partial charge in [-0.2, -0.15) is 4.80 Å². The van der Waals surface area contributed by atoms with Crippen LogP contribution in [0.5, 0.6) is 5.75 Å². The maximum atomic E-state index is 13.4. The molecule has 1 fully saturated rings. The van der Waals surface area contributed by atoms with E-state index in [-0.39, 0.29) is 18.3 Å². The van der Waals surface area contributed by atoms with Crippen LogP contribution in [0.2, 0.25) is 0 Å². The summed E-state index contributed by atoms with van der Waals surface area (Å²) in [6.45, 7) is 2.74. The van der Waals surface area contributed by atoms with Crippen molar-refractivity contribution >= 4 is 11.6 Å². The quantitative estimate of drug-likeness (QED) is 0.655. The molecule has 0 saturated carbocycles. The fourth-order valence-electron chi connectivity index (χ4n) is 3.28. The van der Waals surface area contributed by atoms with Gasteiger partial charge < -0.3 is 14.5 Å². The number of piperazine rings is 1. The Labute approximate surface area is 167 Å². The summed E-state index contributed by atoms with van der Waals surface area (Å²) in [6.07, 6.45) is 0. The van der Waals surface area contributed by atoms with Gasteiger partial charge in [-0.15, -0.1) is 10.2 Å². The lowest BCUT2D eigenvalue weighted by Gasteiger charge is -2.36. The van der Waals surface area contributed by atoms with E-state index in [0.29, 0.717) is 24.5 Å². The van der Waals surface area contributed by atoms with Crippen molar-refractivity contribution in [2.75, 3.05) is 38.2 Å². The van der Waals surface area contributed by atoms with E-state index in [4.69, 9.17) is 4.74 Å². The third-order valence-corrected chi connectivity index (χ3v) is 4.88. The molecule has 0 N–H and O–H groups in total. The number of anilines is 1. The van der Waals surface area contributed by atoms with Crippen molar-refractivity contribution in [2.24, 2.45) is 0 Å². The average Bonchev–Trinajstić information content (AvgIpc) is 3.22. The molecular formula is C20H21FN6O2. The molecule has 8 nitrogen and oxygen atoms in total. The number of methoxy groups -OCH3 is 1. The van der Waals surface area contributed by atoms with Crippen LogP contribution in [0.3, 0.4) is 0 Å². The second-order valence-corrected chi connectivity index (χ2v) is 6.72. The summed E-state index contributed by atoms with van der Waals surface area (Å²) in [6, 6.07) is 13.9. The normalized spacial score (nSPS) is 14.1. The Hall–Kier alpha value is -3.49. The van der Waals surface area contributed by atoms with Crippen molar-refractivity contribution in [3.05, 3.63) is 54.3 Å². The number of rotatable bonds is 5. The van der Waals surface area contributed by atoms with E-state index >= 15 is 0 Å². The predicted molar refractivity (Wildman–Crippen MR) is 105 cm³/mol. The number of aromatic nitrogens is 4. The van der Waals surface area contributed by atoms with Gasteiger partial charge in [-0.3, -0.25) is 4.79 Å². The molecule has 1 aromatic heterocycles. The van der Waals surface area contributed by atoms with Gasteiger partial charge in [0.05, 0.1) is 7.11 Å². The summed E-state index contributed by atoms with van der Waals surface area (Å²) in [5.74, 6) is 0.675. The van der Waals surface area contributed by atoms with Gasteiger partial charge in [0, 0.05) is 37.4 Å². The van der Waals surface area contributed by atoms with Crippen molar-refractivity contribution in [1.29, 1.82) is 0 Å². The molecule has 1 saturated heterocycles. The minimum Gasteiger partial charge on any atom is -0.497 e. The Morgan fingerprint density at radius 3 is 2.55 bits per heavy atom. The molecule has 0 unspecified atom stereocenters. The number of hydrogen-bond donors (Lipinski definition) is 0. The number of benzene rings is 2. The summed E-state index contributed by atoms with van der Waals surface area (Å²) < 4.78 is 18.5. The van der Waals surface area contributed by atoms with Gasteiger partial charge in [-0.1, -0.05) is 12.1 Å². The molecule has 0 spiro atoms. The van der Waals surface area contributed by atoms with E-state index in [9.17, 15) is 9.18 Å². The van der Waals surface area contributed by atoms with E-state index in [2.05, 4.69) is 20.3 Å². The third kappa shape index (κ3) is 4.34. The molecule has 4 rings (SSSR count). The summed E-state index contributed by atoms with van der Waals surface area (Å²) in [4.78, 5) is 17.9. The van der Waals surface area contributed by atoms with E-state index in [1.54, 1.807) is 24.1 Å². The molecule has 2 aromatic carbocycles. The molecular weight excluding hydrogens is 375 g/mol. The predicted octanol–water partition coefficient (Wildman–Crippen LogP) is 1.84. The van der Waals surface area contributed by atoms with Crippen LogP contribution in [0.15, 0.2) is 48.5 Å². The molecule has 29 heavy (non-hydrogen) atoms. The minimum atomic E-state index is -0.371. The monoisotopic (exact) mass is 396 g/mol. The first-order valence-corrected chi connectivity index (χ1v) is 9.33. The maximum absolute atomic E-state index is 13.4. The summed E-state index contributed by atoms with van der Waals surface area (Å²) >= 11 is 0. The molecule has 2 heterocycles. The Bertz CT molecular complexity index is 983. The lowest BCUT2D eigenvalue weighted by molar-refractivity contribution is -0.132. The molecule has 9 heteroatoms. The highest BCUT2D eigenvalue weighted by molar-refractivity contribution is 5.76. The van der Waals surface area contributed by atoms with Crippen LogP contribution in [0, 0.1) is 5.82 Å². The summed E-state index contributed by atoms with van der Waals surface area (Å²) in [5, 5.41) is 12.0. The Kier molecular flexibility index (Phi) is 5.37. The first kappa shape index (κ1) is 18.9. The van der Waals surface area contributed by atoms with Gasteiger partial charge in [0.1, 0.15) is 18.1 Å². The van der Waals surface area contributed by atoms with Gasteiger partial charge in [0.2, 0.25) is 11.7 Å². The number of ether oxygens (including phenoxy) is 1. The van der Waals surface area contributed by atoms with E-state index in [0.717, 1.165) is 24.5 Å². The molecule has 1 aliphatic rings. The van der Waals surface area contributed by atoms with Crippen molar-refractivity contribution in [2.45, 2.75) is 6.54 Å². The van der Waals surface area contributed by atoms with E-state index < -0.39 is 0 Å². The van der Waals surface area contributed by atoms with Crippen LogP contribution in [0.25, 0.3) is 11.4 Å². The van der Waals surface area contributed by atoms with E-state index in [1.165, 1.54) is 16.9 Å². The SMILES string of the molecule is COc1ccc(N2CCN(C(=O)Cn3nnc(-c4cccc(F)c4)n3)CC2)cc1. The number of carbonyl (C=O) groups is 1. The fraction of sp³-hybridized carbons (Fsp3) is 0.300. The number of tetrazole rings is 1. The van der Waals surface area contributed by atoms with Crippen LogP contribution in [0.4, 0.5) is 10.1 Å². The van der Waals surface area contributed by atoms with Gasteiger partial charge >= 0.3 is 0 Å². The molecule has 0 radical (unpaired) electrons. The zero-order chi connectivity index (χ0) is 20.2. The molecule has 0 bridgehead atoms. The number of halogens is 1. The largest absolute Gasteiger partial charge is 0.497 e. The zero-order valence-corrected chi connectivity index (χ0v) is 16.0. The summed E-state index contributed by atoms with van der Waals surface area (Å²) in [7, 11) is 1.64. The lowest BCUT2D eigenvalue weighted by Crippen LogP contribution is -2.49. The Morgan fingerprint density at radius 2 is 1.86 bits per heavy atom. The van der Waals surface area contributed by atoms with Crippen molar-refractivity contribution in [1.82, 2.24) is 25.1 Å². The van der Waals surface area contributed by atoms with Crippen molar-refractivity contribution < 1.29 is 13.9 Å². The molecule has 0 aliphatic carbocycles. The number of carbonyl (C=O) groups excluding carboxylic acids is 1. The van der Waals surface area contributed by atoms with Crippen molar-refractivity contribution in [3.8, 4) is 17.1 Å². The van der Waals surface area contributed by atoms with Gasteiger partial charge in [-0.25, -0.2) is 4.39 Å². The van der Waals surface area contributed by atoms with Crippen LogP contribution in [0.1, 0.15) is 0 Å². The number of hydrogen-bond acceptors (Lipinski definition) is 6. The smallest absolute Gasteiger partial charge is 0.246 e. The molecule has 0 atom stereocenters. The molecule has 1 aliphatic heterocycles. The van der Waals surface area contributed by atoms with Crippen LogP contribution in [-0.2, 0) is 11.3 Å². The van der Waals surface area contributed by atoms with Crippen LogP contribution in [-0.4, -0.2) is 64.3 Å². The number of nitrogens with zero attached hydrogens (tertiary/aromatic N) is 6. The highest BCUT2D eigenvalue weighted by atomic mass is 19.1. The second kappa shape index (κ2) is 8.26. The number of amides is 1. The van der Waals surface area contributed by atoms with Crippen LogP contribution >= 0.6 is 0 Å². The first-order chi connectivity index (χ1) is 14.1. The topological polar surface area (TPSA) is 76.4 Å². The standard InChI is InChI=1S/C20H21FN6O2/c1-29-18-7-5-17(6-8-18)25-9-11-26(12-10-25)19(28)14-27-23-20(22-24-27)15-3-2-4-16(21)13-15/h2-8,13H,9-12,14H2,1H3. The highest BCUT2D eigenvalue weighted by Crippen LogP contribution is 2.20. The fourth-order valence-corrected chi connectivity index (χ4v) is 3.28. The van der Waals surface area contributed by atoms with E-state index in [1.807, 2.05) is 24.3 Å². The van der Waals surface area contributed by atoms with Crippen LogP contribution < -0.4 is 9.64 Å². The maximum Gasteiger partial charge on any atom is 0.246 e. The van der Waals surface area contributed by atoms with Gasteiger partial charge in [-0.05, 0) is 41.6 Å². The Morgan fingerprint density at radius 1 is 1.10 bits per heavy atom. The first-order valence-electron chi connectivity index (χ1n) is 9.33. The summed E-state index contributed by atoms with van der Waals surface area (Å²) in [5.41, 5.74) is 1.63. The van der Waals surface area contributed by atoms with Crippen molar-refractivity contribution in [3.63, 3.8) is 0 Å².